The van der Waals surface area contributed by atoms with Crippen molar-refractivity contribution in [1.82, 2.24) is 20.3 Å². The Bertz CT molecular complexity index is 2380. The number of aromatic amines is 3. The maximum atomic E-state index is 14.4. The second-order valence-electron chi connectivity index (χ2n) is 19.1. The van der Waals surface area contributed by atoms with Crippen molar-refractivity contribution >= 4 is 41.5 Å². The number of Topliss-reactive ketones (excluding diaryl/α,β-unsaturated/α-hetero) is 1. The second kappa shape index (κ2) is 21.3. The van der Waals surface area contributed by atoms with Crippen molar-refractivity contribution in [3.8, 4) is 0 Å². The van der Waals surface area contributed by atoms with E-state index in [-0.39, 0.29) is 36.6 Å². The SMILES string of the molecule is CCCCC[C@@H](C)CCC[C@@H](C)CCC/C(C)=C/COC(=O)CC[C@@H]1/C2=C3/c4[nH]c(c(C)c4C(=O)[C@@H]3C(=O)OC)/C=c3\[nH]/c(c(C)c3CC)=C\c3[nH]c(c(C)c3CC)/C=C(\N2)[C@H]1C. The van der Waals surface area contributed by atoms with Gasteiger partial charge in [-0.3, -0.25) is 14.4 Å². The van der Waals surface area contributed by atoms with Gasteiger partial charge < -0.3 is 29.7 Å². The molecule has 2 aliphatic heterocycles. The molecule has 63 heavy (non-hydrogen) atoms. The predicted molar refractivity (Wildman–Crippen MR) is 256 cm³/mol. The van der Waals surface area contributed by atoms with E-state index in [1.165, 1.54) is 86.3 Å². The molecule has 6 rings (SSSR count). The molecule has 0 saturated carbocycles. The van der Waals surface area contributed by atoms with Crippen LogP contribution in [0.2, 0.25) is 0 Å². The van der Waals surface area contributed by atoms with Crippen molar-refractivity contribution in [3.63, 3.8) is 0 Å². The highest BCUT2D eigenvalue weighted by atomic mass is 16.5. The molecule has 0 unspecified atom stereocenters. The Kier molecular flexibility index (Phi) is 16.1. The van der Waals surface area contributed by atoms with Gasteiger partial charge in [0.1, 0.15) is 12.5 Å². The van der Waals surface area contributed by atoms with Crippen LogP contribution in [0.3, 0.4) is 0 Å². The molecule has 4 N–H and O–H groups in total. The minimum Gasteiger partial charge on any atom is -0.468 e. The number of aromatic nitrogens is 3. The summed E-state index contributed by atoms with van der Waals surface area (Å²) in [6.07, 6.45) is 23.6. The van der Waals surface area contributed by atoms with Crippen molar-refractivity contribution < 1.29 is 23.9 Å². The number of hydrogen-bond donors (Lipinski definition) is 4. The first-order valence-electron chi connectivity index (χ1n) is 24.2. The third-order valence-corrected chi connectivity index (χ3v) is 14.6. The van der Waals surface area contributed by atoms with Gasteiger partial charge in [-0.15, -0.1) is 0 Å². The van der Waals surface area contributed by atoms with Crippen molar-refractivity contribution in [2.45, 2.75) is 159 Å². The molecule has 3 aromatic heterocycles. The van der Waals surface area contributed by atoms with Gasteiger partial charge in [0.05, 0.1) is 12.8 Å². The molecular weight excluding hydrogens is 785 g/mol. The van der Waals surface area contributed by atoms with E-state index in [0.717, 1.165) is 82.3 Å². The quantitative estimate of drug-likeness (QED) is 0.0388. The van der Waals surface area contributed by atoms with E-state index >= 15 is 0 Å². The zero-order chi connectivity index (χ0) is 45.5. The zero-order valence-corrected chi connectivity index (χ0v) is 40.3. The van der Waals surface area contributed by atoms with Crippen LogP contribution in [0.5, 0.6) is 0 Å². The first kappa shape index (κ1) is 47.7. The van der Waals surface area contributed by atoms with Crippen LogP contribution in [0.4, 0.5) is 0 Å². The van der Waals surface area contributed by atoms with Gasteiger partial charge in [-0.2, -0.15) is 0 Å². The first-order valence-corrected chi connectivity index (χ1v) is 24.2. The third-order valence-electron chi connectivity index (χ3n) is 14.6. The average Bonchev–Trinajstić information content (AvgIpc) is 4.00. The van der Waals surface area contributed by atoms with Crippen LogP contribution in [-0.4, -0.2) is 46.4 Å². The highest BCUT2D eigenvalue weighted by Gasteiger charge is 2.48. The van der Waals surface area contributed by atoms with E-state index in [2.05, 4.69) is 101 Å². The fourth-order valence-corrected chi connectivity index (χ4v) is 10.5. The Balaban J connectivity index is 1.23. The van der Waals surface area contributed by atoms with E-state index < -0.39 is 11.9 Å². The Morgan fingerprint density at radius 3 is 2.13 bits per heavy atom. The normalized spacial score (nSPS) is 22.1. The second-order valence-corrected chi connectivity index (χ2v) is 19.1. The number of carbonyl (C=O) groups is 3. The van der Waals surface area contributed by atoms with Crippen LogP contribution in [0.25, 0.3) is 23.8 Å². The minimum atomic E-state index is -1.13. The summed E-state index contributed by atoms with van der Waals surface area (Å²) in [4.78, 5) is 52.5. The van der Waals surface area contributed by atoms with E-state index in [1.807, 2.05) is 13.0 Å². The van der Waals surface area contributed by atoms with E-state index in [9.17, 15) is 14.4 Å². The molecule has 1 fully saturated rings. The van der Waals surface area contributed by atoms with Gasteiger partial charge in [-0.25, -0.2) is 0 Å². The maximum absolute atomic E-state index is 14.4. The lowest BCUT2D eigenvalue weighted by molar-refractivity contribution is -0.143. The lowest BCUT2D eigenvalue weighted by atomic mass is 9.85. The van der Waals surface area contributed by atoms with E-state index in [0.29, 0.717) is 23.3 Å². The summed E-state index contributed by atoms with van der Waals surface area (Å²) in [6.45, 7) is 22.2. The molecule has 8 bridgehead atoms. The maximum Gasteiger partial charge on any atom is 0.321 e. The van der Waals surface area contributed by atoms with Crippen LogP contribution < -0.4 is 16.0 Å². The van der Waals surface area contributed by atoms with Crippen molar-refractivity contribution in [2.75, 3.05) is 13.7 Å². The number of ketones is 1. The first-order chi connectivity index (χ1) is 30.2. The minimum absolute atomic E-state index is 0.0608. The van der Waals surface area contributed by atoms with Gasteiger partial charge in [-0.1, -0.05) is 98.5 Å². The van der Waals surface area contributed by atoms with Crippen LogP contribution >= 0.6 is 0 Å². The molecule has 0 radical (unpaired) electrons. The number of unbranched alkanes of at least 4 members (excludes halogenated alkanes) is 2. The summed E-state index contributed by atoms with van der Waals surface area (Å²) >= 11 is 0. The van der Waals surface area contributed by atoms with Crippen molar-refractivity contribution in [1.29, 1.82) is 0 Å². The molecule has 9 nitrogen and oxygen atoms in total. The van der Waals surface area contributed by atoms with Crippen LogP contribution in [-0.2, 0) is 31.9 Å². The Hall–Kier alpha value is -4.79. The molecule has 5 atom stereocenters. The molecule has 3 aliphatic rings. The summed E-state index contributed by atoms with van der Waals surface area (Å²) in [7, 11) is 1.33. The number of allylic oxidation sites excluding steroid dienone is 3. The van der Waals surface area contributed by atoms with Gasteiger partial charge >= 0.3 is 11.9 Å². The van der Waals surface area contributed by atoms with Gasteiger partial charge in [0.25, 0.3) is 0 Å². The lowest BCUT2D eigenvalue weighted by Crippen LogP contribution is -2.25. The molecule has 1 saturated heterocycles. The largest absolute Gasteiger partial charge is 0.468 e. The topological polar surface area (TPSA) is 129 Å². The van der Waals surface area contributed by atoms with Gasteiger partial charge in [0.15, 0.2) is 5.78 Å². The lowest BCUT2D eigenvalue weighted by Gasteiger charge is -2.19. The highest BCUT2D eigenvalue weighted by molar-refractivity contribution is 6.24. The van der Waals surface area contributed by atoms with Gasteiger partial charge in [-0.05, 0) is 124 Å². The standard InChI is InChI=1S/C54H76N4O5/c1-12-15-16-19-31(4)20-17-21-32(5)22-18-23-33(6)26-27-63-47(59)25-24-40-36(9)43-28-41-34(7)38(13-2)45(55-41)29-42-35(8)39(14-3)46(56-42)30-44-37(10)48-52(58-44)49(51(40)57-43)50(53(48)60)54(61)62-11/h26,28-32,36,40,50,55-58H,12-25,27H2,1-11H3/b33-26+,42-29-,43-28-,46-30-,51-49-/t31-,32-,36+,40+,50-/m1/s1. The smallest absolute Gasteiger partial charge is 0.321 e. The highest BCUT2D eigenvalue weighted by Crippen LogP contribution is 2.48. The zero-order valence-electron chi connectivity index (χ0n) is 40.3. The summed E-state index contributed by atoms with van der Waals surface area (Å²) in [5.41, 5.74) is 13.2. The molecule has 9 heteroatoms. The van der Waals surface area contributed by atoms with Gasteiger partial charge in [0.2, 0.25) is 0 Å². The number of nitrogens with one attached hydrogen (secondary N) is 4. The van der Waals surface area contributed by atoms with Crippen LogP contribution in [0, 0.1) is 50.4 Å². The Labute approximate surface area is 376 Å². The van der Waals surface area contributed by atoms with E-state index in [4.69, 9.17) is 9.47 Å². The number of fused-ring (bicyclic) bond motifs is 7. The average molecular weight is 861 g/mol. The summed E-state index contributed by atoms with van der Waals surface area (Å²) < 4.78 is 11.1. The number of esters is 2. The molecule has 3 aromatic rings. The molecule has 342 valence electrons. The summed E-state index contributed by atoms with van der Waals surface area (Å²) in [6, 6.07) is 0. The summed E-state index contributed by atoms with van der Waals surface area (Å²) in [5.74, 6) is -0.956. The fraction of sp³-hybridized carbons (Fsp3) is 0.574. The molecule has 5 heterocycles. The van der Waals surface area contributed by atoms with Crippen molar-refractivity contribution in [2.24, 2.45) is 29.6 Å². The number of rotatable bonds is 20. The predicted octanol–water partition coefficient (Wildman–Crippen LogP) is 10.7. The fourth-order valence-electron chi connectivity index (χ4n) is 10.5. The van der Waals surface area contributed by atoms with E-state index in [1.54, 1.807) is 0 Å². The molecule has 0 spiro atoms. The molecule has 1 aliphatic carbocycles. The van der Waals surface area contributed by atoms with Crippen LogP contribution in [0.15, 0.2) is 23.0 Å². The van der Waals surface area contributed by atoms with Crippen LogP contribution in [0.1, 0.15) is 186 Å². The number of carbonyl (C=O) groups excluding carboxylic acids is 3. The monoisotopic (exact) mass is 861 g/mol. The molecule has 0 amide bonds. The number of hydrogen-bond acceptors (Lipinski definition) is 6. The summed E-state index contributed by atoms with van der Waals surface area (Å²) in [5, 5.41) is 5.76. The number of H-pyrrole nitrogens is 3. The Morgan fingerprint density at radius 2 is 1.44 bits per heavy atom. The number of ether oxygens (including phenoxy) is 2. The molecule has 0 aromatic carbocycles. The van der Waals surface area contributed by atoms with Gasteiger partial charge in [0, 0.05) is 68.6 Å². The third kappa shape index (κ3) is 10.4. The number of methoxy groups -OCH3 is 1. The van der Waals surface area contributed by atoms with Crippen molar-refractivity contribution in [3.05, 3.63) is 89.9 Å². The molecular formula is C54H76N4O5. The Morgan fingerprint density at radius 1 is 0.778 bits per heavy atom.